The fourth-order valence-electron chi connectivity index (χ4n) is 2.94. The van der Waals surface area contributed by atoms with Gasteiger partial charge in [-0.2, -0.15) is 0 Å². The van der Waals surface area contributed by atoms with Crippen molar-refractivity contribution in [1.82, 2.24) is 0 Å². The van der Waals surface area contributed by atoms with Crippen LogP contribution in [0.25, 0.3) is 0 Å². The van der Waals surface area contributed by atoms with Gasteiger partial charge < -0.3 is 0 Å². The predicted molar refractivity (Wildman–Crippen MR) is 44.2 cm³/mol. The Kier molecular flexibility index (Phi) is 3.12. The molecule has 2 fully saturated rings. The molecule has 11 heavy (non-hydrogen) atoms. The molecular weight excluding hydrogens is 251 g/mol. The molecule has 1 heteroatoms. The van der Waals surface area contributed by atoms with Crippen molar-refractivity contribution < 1.29 is 44.2 Å². The van der Waals surface area contributed by atoms with Crippen LogP contribution in [0.5, 0.6) is 0 Å². The summed E-state index contributed by atoms with van der Waals surface area (Å²) < 4.78 is 3.26. The van der Waals surface area contributed by atoms with Gasteiger partial charge in [-0.05, 0) is 0 Å². The number of fused-ring (bicyclic) bond motifs is 2. The second kappa shape index (κ2) is 3.75. The van der Waals surface area contributed by atoms with E-state index in [4.69, 9.17) is 0 Å². The number of hydrogen-bond donors (Lipinski definition) is 0. The third kappa shape index (κ3) is 1.76. The van der Waals surface area contributed by atoms with E-state index in [1.54, 1.807) is 14.6 Å². The average molecular weight is 270 g/mol. The summed E-state index contributed by atoms with van der Waals surface area (Å²) in [6.45, 7) is 4.86. The Balaban J connectivity index is 2.09. The summed E-state index contributed by atoms with van der Waals surface area (Å²) in [5.74, 6) is 4.41. The maximum atomic E-state index is 2.43. The van der Waals surface area contributed by atoms with Gasteiger partial charge in [-0.1, -0.05) is 0 Å². The Hall–Kier alpha value is 1.57. The summed E-state index contributed by atoms with van der Waals surface area (Å²) in [6.07, 6.45) is 3.14. The van der Waals surface area contributed by atoms with Crippen LogP contribution in [-0.4, -0.2) is 0 Å². The topological polar surface area (TPSA) is 0 Å². The van der Waals surface area contributed by atoms with E-state index in [9.17, 15) is 0 Å². The van der Waals surface area contributed by atoms with Gasteiger partial charge in [0.1, 0.15) is 0 Å². The van der Waals surface area contributed by atoms with Crippen molar-refractivity contribution in [2.75, 3.05) is 0 Å². The summed E-state index contributed by atoms with van der Waals surface area (Å²) in [5, 5.41) is 0. The molecule has 1 aliphatic carbocycles. The Morgan fingerprint density at radius 2 is 1.64 bits per heavy atom. The standard InChI is InChI=1S/C10H18Xe/c1-7(2)10-8-3-4-9(10)6-11-5-8/h7-10H,3-6H2,1-2H3. The molecule has 0 spiro atoms. The Morgan fingerprint density at radius 1 is 1.09 bits per heavy atom. The molecule has 66 valence electrons. The van der Waals surface area contributed by atoms with E-state index < -0.39 is 0 Å². The van der Waals surface area contributed by atoms with E-state index in [1.165, 1.54) is 0 Å². The maximum absolute atomic E-state index is 2.43. The van der Waals surface area contributed by atoms with Gasteiger partial charge in [-0.25, -0.2) is 0 Å². The number of rotatable bonds is 1. The predicted octanol–water partition coefficient (Wildman–Crippen LogP) is 3.22. The molecule has 2 aliphatic rings. The van der Waals surface area contributed by atoms with Crippen molar-refractivity contribution in [2.24, 2.45) is 23.7 Å². The minimum atomic E-state index is 0.804. The second-order valence-corrected chi connectivity index (χ2v) is 7.04. The molecule has 1 aliphatic heterocycles. The quantitative estimate of drug-likeness (QED) is 0.686. The van der Waals surface area contributed by atoms with Crippen LogP contribution in [0.3, 0.4) is 0 Å². The summed E-state index contributed by atoms with van der Waals surface area (Å²) in [7, 11) is 0. The van der Waals surface area contributed by atoms with Crippen LogP contribution in [0, 0.1) is 67.9 Å². The van der Waals surface area contributed by atoms with Crippen LogP contribution >= 0.6 is 0 Å². The molecule has 0 aromatic rings. The van der Waals surface area contributed by atoms with E-state index in [1.807, 2.05) is 0 Å². The van der Waals surface area contributed by atoms with Crippen molar-refractivity contribution in [2.45, 2.75) is 28.5 Å². The summed E-state index contributed by atoms with van der Waals surface area (Å²) in [4.78, 5) is 0. The molecule has 1 saturated carbocycles. The first-order valence-electron chi connectivity index (χ1n) is 4.79. The zero-order valence-electron chi connectivity index (χ0n) is 7.49. The fraction of sp³-hybridized carbons (Fsp3) is 1.00. The first kappa shape index (κ1) is 9.14. The molecule has 0 nitrogen and oxygen atoms in total. The Morgan fingerprint density at radius 3 is 2.00 bits per heavy atom. The van der Waals surface area contributed by atoms with Crippen molar-refractivity contribution in [3.05, 3.63) is 0 Å². The fourth-order valence-corrected chi connectivity index (χ4v) is 6.70. The molecule has 0 aromatic carbocycles. The second-order valence-electron chi connectivity index (χ2n) is 4.38. The van der Waals surface area contributed by atoms with Crippen LogP contribution in [0.1, 0.15) is 26.7 Å². The van der Waals surface area contributed by atoms with Gasteiger partial charge >= 0.3 is 96.3 Å². The van der Waals surface area contributed by atoms with Gasteiger partial charge in [0.2, 0.25) is 0 Å². The summed E-state index contributed by atoms with van der Waals surface area (Å²) in [5.41, 5.74) is 0. The first-order chi connectivity index (χ1) is 5.29. The molecule has 1 heterocycles. The van der Waals surface area contributed by atoms with Crippen molar-refractivity contribution in [3.63, 3.8) is 0 Å². The average Bonchev–Trinajstić information content (AvgIpc) is 2.23. The molecule has 2 rings (SSSR count). The molecule has 1 saturated heterocycles. The molecule has 0 radical (unpaired) electrons. The van der Waals surface area contributed by atoms with Crippen LogP contribution in [0.4, 0.5) is 0 Å². The van der Waals surface area contributed by atoms with Crippen molar-refractivity contribution in [1.29, 1.82) is 0 Å². The van der Waals surface area contributed by atoms with E-state index >= 15 is 0 Å². The molecule has 2 unspecified atom stereocenters. The van der Waals surface area contributed by atoms with E-state index in [-0.39, 0.29) is 0 Å². The summed E-state index contributed by atoms with van der Waals surface area (Å²) in [6, 6.07) is 0. The number of hydrogen-bond acceptors (Lipinski definition) is 0. The van der Waals surface area contributed by atoms with Gasteiger partial charge in [0.05, 0.1) is 0 Å². The van der Waals surface area contributed by atoms with Crippen LogP contribution in [-0.2, 0) is 0 Å². The molecule has 2 bridgehead atoms. The van der Waals surface area contributed by atoms with Gasteiger partial charge in [0.15, 0.2) is 0 Å². The van der Waals surface area contributed by atoms with Gasteiger partial charge in [0.25, 0.3) is 0 Å². The SMILES string of the molecule is CC(C)C1C2CCC1C[Xe]C2. The molecule has 2 atom stereocenters. The van der Waals surface area contributed by atoms with E-state index in [2.05, 4.69) is 13.8 Å². The van der Waals surface area contributed by atoms with E-state index in [0.29, 0.717) is 0 Å². The normalized spacial score (nSPS) is 44.1. The van der Waals surface area contributed by atoms with Crippen molar-refractivity contribution in [3.8, 4) is 0 Å². The zero-order chi connectivity index (χ0) is 7.84. The molecule has 0 aromatic heterocycles. The van der Waals surface area contributed by atoms with Gasteiger partial charge in [0, 0.05) is 0 Å². The molecule has 0 N–H and O–H groups in total. The van der Waals surface area contributed by atoms with Crippen LogP contribution in [0.2, 0.25) is 1.78 Å². The Labute approximate surface area is 94.8 Å². The van der Waals surface area contributed by atoms with E-state index in [0.717, 1.165) is 67.9 Å². The minimum absolute atomic E-state index is 0.804. The van der Waals surface area contributed by atoms with Crippen molar-refractivity contribution >= 4 is 0 Å². The first-order valence-corrected chi connectivity index (χ1v) is 7.64. The molecule has 0 amide bonds. The third-order valence-electron chi connectivity index (χ3n) is 3.34. The Bertz CT molecular complexity index is 126. The zero-order valence-corrected chi connectivity index (χ0v) is 9.51. The van der Waals surface area contributed by atoms with Crippen LogP contribution < -0.4 is 0 Å². The van der Waals surface area contributed by atoms with Gasteiger partial charge in [-0.3, -0.25) is 0 Å². The van der Waals surface area contributed by atoms with Gasteiger partial charge in [-0.15, -0.1) is 0 Å². The monoisotopic (exact) mass is 270 g/mol. The molecular formula is C10H18Xe. The summed E-state index contributed by atoms with van der Waals surface area (Å²) >= 11 is 0.804. The van der Waals surface area contributed by atoms with Crippen LogP contribution in [0.15, 0.2) is 0 Å². The third-order valence-corrected chi connectivity index (χ3v) is 6.62.